The molecule has 4 nitrogen and oxygen atoms in total. The highest BCUT2D eigenvalue weighted by molar-refractivity contribution is 7.89. The third-order valence-electron chi connectivity index (χ3n) is 2.60. The molecular formula is C12H20N2O2S. The summed E-state index contributed by atoms with van der Waals surface area (Å²) in [5, 5.41) is 8.14. The van der Waals surface area contributed by atoms with Gasteiger partial charge in [0.15, 0.2) is 0 Å². The van der Waals surface area contributed by atoms with Crippen molar-refractivity contribution in [2.75, 3.05) is 12.3 Å². The monoisotopic (exact) mass is 256 g/mol. The normalized spacial score (nSPS) is 11.7. The summed E-state index contributed by atoms with van der Waals surface area (Å²) < 4.78 is 21.4. The molecule has 0 aliphatic heterocycles. The van der Waals surface area contributed by atoms with Crippen molar-refractivity contribution < 1.29 is 8.42 Å². The van der Waals surface area contributed by atoms with Gasteiger partial charge in [-0.1, -0.05) is 23.8 Å². The molecule has 5 heteroatoms. The van der Waals surface area contributed by atoms with Gasteiger partial charge in [0.1, 0.15) is 0 Å². The molecule has 1 aromatic carbocycles. The summed E-state index contributed by atoms with van der Waals surface area (Å²) in [6.07, 6.45) is 0.545. The zero-order valence-corrected chi connectivity index (χ0v) is 11.2. The molecule has 0 aliphatic rings. The average molecular weight is 256 g/mol. The fourth-order valence-electron chi connectivity index (χ4n) is 1.61. The van der Waals surface area contributed by atoms with Gasteiger partial charge in [-0.15, -0.1) is 0 Å². The Balaban J connectivity index is 2.34. The lowest BCUT2D eigenvalue weighted by Gasteiger charge is -2.08. The molecule has 3 N–H and O–H groups in total. The number of sulfonamides is 1. The smallest absolute Gasteiger partial charge is 0.209 e. The zero-order valence-electron chi connectivity index (χ0n) is 10.4. The lowest BCUT2D eigenvalue weighted by molar-refractivity contribution is 0.590. The SMILES string of the molecule is Cc1ccc(C)c(CNCCCS(N)(=O)=O)c1. The molecule has 17 heavy (non-hydrogen) atoms. The quantitative estimate of drug-likeness (QED) is 0.748. The van der Waals surface area contributed by atoms with Crippen molar-refractivity contribution in [1.82, 2.24) is 5.32 Å². The number of primary sulfonamides is 1. The Morgan fingerprint density at radius 3 is 2.65 bits per heavy atom. The van der Waals surface area contributed by atoms with Gasteiger partial charge in [-0.05, 0) is 37.9 Å². The topological polar surface area (TPSA) is 72.2 Å². The van der Waals surface area contributed by atoms with Gasteiger partial charge in [-0.2, -0.15) is 0 Å². The summed E-state index contributed by atoms with van der Waals surface area (Å²) in [6.45, 7) is 5.55. The fraction of sp³-hybridized carbons (Fsp3) is 0.500. The first kappa shape index (κ1) is 14.2. The second-order valence-electron chi connectivity index (χ2n) is 4.33. The van der Waals surface area contributed by atoms with Crippen LogP contribution in [-0.2, 0) is 16.6 Å². The molecule has 0 unspecified atom stereocenters. The summed E-state index contributed by atoms with van der Waals surface area (Å²) in [4.78, 5) is 0. The Morgan fingerprint density at radius 1 is 1.29 bits per heavy atom. The van der Waals surface area contributed by atoms with E-state index in [0.717, 1.165) is 6.54 Å². The van der Waals surface area contributed by atoms with Crippen LogP contribution in [0.4, 0.5) is 0 Å². The first-order valence-corrected chi connectivity index (χ1v) is 7.37. The average Bonchev–Trinajstić information content (AvgIpc) is 2.21. The van der Waals surface area contributed by atoms with E-state index >= 15 is 0 Å². The molecule has 0 fully saturated rings. The minimum Gasteiger partial charge on any atom is -0.313 e. The van der Waals surface area contributed by atoms with Crippen molar-refractivity contribution in [3.8, 4) is 0 Å². The highest BCUT2D eigenvalue weighted by Crippen LogP contribution is 2.09. The van der Waals surface area contributed by atoms with Crippen LogP contribution >= 0.6 is 0 Å². The lowest BCUT2D eigenvalue weighted by Crippen LogP contribution is -2.22. The van der Waals surface area contributed by atoms with E-state index in [1.165, 1.54) is 16.7 Å². The molecule has 0 radical (unpaired) electrons. The Hall–Kier alpha value is -0.910. The predicted octanol–water partition coefficient (Wildman–Crippen LogP) is 1.07. The first-order chi connectivity index (χ1) is 7.88. The van der Waals surface area contributed by atoms with Gasteiger partial charge in [0, 0.05) is 6.54 Å². The molecule has 0 heterocycles. The molecule has 0 aliphatic carbocycles. The van der Waals surface area contributed by atoms with Crippen molar-refractivity contribution in [2.45, 2.75) is 26.8 Å². The van der Waals surface area contributed by atoms with E-state index in [1.807, 2.05) is 0 Å². The minimum absolute atomic E-state index is 0.0345. The largest absolute Gasteiger partial charge is 0.313 e. The van der Waals surface area contributed by atoms with E-state index < -0.39 is 10.0 Å². The van der Waals surface area contributed by atoms with Gasteiger partial charge in [0.25, 0.3) is 0 Å². The van der Waals surface area contributed by atoms with E-state index in [2.05, 4.69) is 37.4 Å². The maximum atomic E-state index is 10.7. The van der Waals surface area contributed by atoms with Crippen LogP contribution in [0.1, 0.15) is 23.1 Å². The van der Waals surface area contributed by atoms with Gasteiger partial charge in [-0.25, -0.2) is 13.6 Å². The predicted molar refractivity (Wildman–Crippen MR) is 70.2 cm³/mol. The summed E-state index contributed by atoms with van der Waals surface area (Å²) in [7, 11) is -3.32. The van der Waals surface area contributed by atoms with E-state index in [4.69, 9.17) is 5.14 Å². The second-order valence-corrected chi connectivity index (χ2v) is 6.06. The van der Waals surface area contributed by atoms with E-state index in [1.54, 1.807) is 0 Å². The summed E-state index contributed by atoms with van der Waals surface area (Å²) >= 11 is 0. The Labute approximate surface area is 103 Å². The standard InChI is InChI=1S/C12H20N2O2S/c1-10-4-5-11(2)12(8-10)9-14-6-3-7-17(13,15)16/h4-5,8,14H,3,6-7,9H2,1-2H3,(H2,13,15,16). The number of nitrogens with two attached hydrogens (primary N) is 1. The molecule has 1 rings (SSSR count). The maximum Gasteiger partial charge on any atom is 0.209 e. The molecule has 96 valence electrons. The van der Waals surface area contributed by atoms with Crippen LogP contribution in [0.25, 0.3) is 0 Å². The van der Waals surface area contributed by atoms with Crippen LogP contribution in [0.3, 0.4) is 0 Å². The molecule has 0 saturated carbocycles. The molecule has 0 aromatic heterocycles. The third kappa shape index (κ3) is 5.81. The third-order valence-corrected chi connectivity index (χ3v) is 3.46. The van der Waals surface area contributed by atoms with E-state index in [-0.39, 0.29) is 5.75 Å². The number of benzene rings is 1. The summed E-state index contributed by atoms with van der Waals surface area (Å²) in [6, 6.07) is 6.32. The van der Waals surface area contributed by atoms with Gasteiger partial charge >= 0.3 is 0 Å². The molecule has 0 bridgehead atoms. The van der Waals surface area contributed by atoms with Crippen molar-refractivity contribution in [3.05, 3.63) is 34.9 Å². The van der Waals surface area contributed by atoms with E-state index in [0.29, 0.717) is 13.0 Å². The summed E-state index contributed by atoms with van der Waals surface area (Å²) in [5.74, 6) is 0.0345. The van der Waals surface area contributed by atoms with Crippen LogP contribution in [0, 0.1) is 13.8 Å². The van der Waals surface area contributed by atoms with Gasteiger partial charge in [0.2, 0.25) is 10.0 Å². The summed E-state index contributed by atoms with van der Waals surface area (Å²) in [5.41, 5.74) is 3.73. The maximum absolute atomic E-state index is 10.7. The highest BCUT2D eigenvalue weighted by atomic mass is 32.2. The molecule has 1 aromatic rings. The van der Waals surface area contributed by atoms with Crippen LogP contribution in [0.2, 0.25) is 0 Å². The van der Waals surface area contributed by atoms with Crippen molar-refractivity contribution in [2.24, 2.45) is 5.14 Å². The van der Waals surface area contributed by atoms with Crippen molar-refractivity contribution >= 4 is 10.0 Å². The molecule has 0 spiro atoms. The van der Waals surface area contributed by atoms with E-state index in [9.17, 15) is 8.42 Å². The number of hydrogen-bond donors (Lipinski definition) is 2. The van der Waals surface area contributed by atoms with Crippen LogP contribution in [-0.4, -0.2) is 20.7 Å². The van der Waals surface area contributed by atoms with Gasteiger partial charge < -0.3 is 5.32 Å². The zero-order chi connectivity index (χ0) is 12.9. The molecular weight excluding hydrogens is 236 g/mol. The first-order valence-electron chi connectivity index (χ1n) is 5.66. The lowest BCUT2D eigenvalue weighted by atomic mass is 10.1. The van der Waals surface area contributed by atoms with Gasteiger partial charge in [0.05, 0.1) is 5.75 Å². The van der Waals surface area contributed by atoms with Crippen molar-refractivity contribution in [1.29, 1.82) is 0 Å². The van der Waals surface area contributed by atoms with Crippen LogP contribution in [0.15, 0.2) is 18.2 Å². The van der Waals surface area contributed by atoms with Gasteiger partial charge in [-0.3, -0.25) is 0 Å². The highest BCUT2D eigenvalue weighted by Gasteiger charge is 2.02. The number of hydrogen-bond acceptors (Lipinski definition) is 3. The number of nitrogens with one attached hydrogen (secondary N) is 1. The van der Waals surface area contributed by atoms with Crippen LogP contribution in [0.5, 0.6) is 0 Å². The Kier molecular flexibility index (Phi) is 5.11. The second kappa shape index (κ2) is 6.14. The molecule has 0 amide bonds. The number of rotatable bonds is 6. The van der Waals surface area contributed by atoms with Crippen LogP contribution < -0.4 is 10.5 Å². The fourth-order valence-corrected chi connectivity index (χ4v) is 2.16. The molecule has 0 saturated heterocycles. The Bertz CT molecular complexity index is 469. The molecule has 0 atom stereocenters. The number of aryl methyl sites for hydroxylation is 2. The minimum atomic E-state index is -3.32. The van der Waals surface area contributed by atoms with Crippen molar-refractivity contribution in [3.63, 3.8) is 0 Å². The Morgan fingerprint density at radius 2 is 2.00 bits per heavy atom.